The molecule has 0 aliphatic carbocycles. The first kappa shape index (κ1) is 19.4. The van der Waals surface area contributed by atoms with Crippen molar-refractivity contribution >= 4 is 11.6 Å². The Hall–Kier alpha value is -0.690. The van der Waals surface area contributed by atoms with Crippen molar-refractivity contribution in [3.63, 3.8) is 0 Å². The number of hydrogen-bond acceptors (Lipinski definition) is 1. The van der Waals surface area contributed by atoms with Gasteiger partial charge in [-0.3, -0.25) is 0 Å². The van der Waals surface area contributed by atoms with Gasteiger partial charge in [0.2, 0.25) is 0 Å². The minimum absolute atomic E-state index is 0.830. The maximum atomic E-state index is 5.70. The molecule has 0 unspecified atom stereocenters. The smallest absolute Gasteiger partial charge is 0.119 e. The molecule has 0 aliphatic rings. The Morgan fingerprint density at radius 2 is 1.05 bits per heavy atom. The van der Waals surface area contributed by atoms with Gasteiger partial charge < -0.3 is 4.74 Å². The van der Waals surface area contributed by atoms with Crippen LogP contribution in [0.2, 0.25) is 0 Å². The van der Waals surface area contributed by atoms with Gasteiger partial charge in [-0.15, -0.1) is 11.6 Å². The SMILES string of the molecule is ClCCCCCCCCCCCCCCOc1ccccc1. The first-order valence-corrected chi connectivity index (χ1v) is 9.71. The van der Waals surface area contributed by atoms with E-state index >= 15 is 0 Å². The van der Waals surface area contributed by atoms with E-state index in [1.54, 1.807) is 0 Å². The van der Waals surface area contributed by atoms with Gasteiger partial charge in [-0.2, -0.15) is 0 Å². The second-order valence-electron chi connectivity index (χ2n) is 6.09. The summed E-state index contributed by atoms with van der Waals surface area (Å²) in [5.74, 6) is 1.82. The molecule has 1 rings (SSSR count). The van der Waals surface area contributed by atoms with Gasteiger partial charge >= 0.3 is 0 Å². The van der Waals surface area contributed by atoms with Crippen LogP contribution < -0.4 is 4.74 Å². The molecule has 0 saturated carbocycles. The second-order valence-corrected chi connectivity index (χ2v) is 6.47. The van der Waals surface area contributed by atoms with Crippen molar-refractivity contribution in [1.29, 1.82) is 0 Å². The lowest BCUT2D eigenvalue weighted by atomic mass is 10.1. The predicted molar refractivity (Wildman–Crippen MR) is 98.1 cm³/mol. The van der Waals surface area contributed by atoms with Crippen LogP contribution in [-0.2, 0) is 0 Å². The van der Waals surface area contributed by atoms with Gasteiger partial charge in [0.05, 0.1) is 6.61 Å². The minimum Gasteiger partial charge on any atom is -0.494 e. The van der Waals surface area contributed by atoms with Crippen LogP contribution in [0.5, 0.6) is 5.75 Å². The lowest BCUT2D eigenvalue weighted by Crippen LogP contribution is -1.96. The first-order valence-electron chi connectivity index (χ1n) is 9.17. The van der Waals surface area contributed by atoms with E-state index in [4.69, 9.17) is 16.3 Å². The molecule has 0 aliphatic heterocycles. The summed E-state index contributed by atoms with van der Waals surface area (Å²) in [5, 5.41) is 0. The highest BCUT2D eigenvalue weighted by molar-refractivity contribution is 6.17. The number of unbranched alkanes of at least 4 members (excludes halogenated alkanes) is 11. The average Bonchev–Trinajstić information content (AvgIpc) is 2.56. The lowest BCUT2D eigenvalue weighted by Gasteiger charge is -2.06. The highest BCUT2D eigenvalue weighted by atomic mass is 35.5. The van der Waals surface area contributed by atoms with Crippen LogP contribution >= 0.6 is 11.6 Å². The fourth-order valence-corrected chi connectivity index (χ4v) is 2.86. The van der Waals surface area contributed by atoms with Crippen LogP contribution in [0, 0.1) is 0 Å². The van der Waals surface area contributed by atoms with Crippen LogP contribution in [-0.4, -0.2) is 12.5 Å². The zero-order valence-electron chi connectivity index (χ0n) is 14.1. The van der Waals surface area contributed by atoms with E-state index in [-0.39, 0.29) is 0 Å². The van der Waals surface area contributed by atoms with E-state index in [2.05, 4.69) is 0 Å². The van der Waals surface area contributed by atoms with Crippen LogP contribution in [0.1, 0.15) is 77.0 Å². The van der Waals surface area contributed by atoms with Crippen LogP contribution in [0.4, 0.5) is 0 Å². The van der Waals surface area contributed by atoms with Crippen molar-refractivity contribution in [3.05, 3.63) is 30.3 Å². The fourth-order valence-electron chi connectivity index (χ4n) is 2.67. The number of ether oxygens (including phenoxy) is 1. The van der Waals surface area contributed by atoms with Crippen molar-refractivity contribution in [1.82, 2.24) is 0 Å². The Labute approximate surface area is 142 Å². The normalized spacial score (nSPS) is 10.8. The Morgan fingerprint density at radius 1 is 0.591 bits per heavy atom. The third-order valence-corrected chi connectivity index (χ3v) is 4.31. The van der Waals surface area contributed by atoms with E-state index in [1.807, 2.05) is 30.3 Å². The molecular weight excluding hydrogens is 292 g/mol. The largest absolute Gasteiger partial charge is 0.494 e. The monoisotopic (exact) mass is 324 g/mol. The van der Waals surface area contributed by atoms with E-state index < -0.39 is 0 Å². The molecule has 2 heteroatoms. The van der Waals surface area contributed by atoms with Gasteiger partial charge in [0.25, 0.3) is 0 Å². The third kappa shape index (κ3) is 11.9. The van der Waals surface area contributed by atoms with E-state index in [0.717, 1.165) is 18.2 Å². The molecule has 1 aromatic rings. The fraction of sp³-hybridized carbons (Fsp3) is 0.700. The predicted octanol–water partition coefficient (Wildman–Crippen LogP) is 6.99. The number of para-hydroxylation sites is 1. The maximum Gasteiger partial charge on any atom is 0.119 e. The van der Waals surface area contributed by atoms with Crippen molar-refractivity contribution < 1.29 is 4.74 Å². The number of alkyl halides is 1. The highest BCUT2D eigenvalue weighted by Gasteiger charge is 1.95. The molecule has 0 atom stereocenters. The molecule has 0 radical (unpaired) electrons. The molecule has 22 heavy (non-hydrogen) atoms. The zero-order chi connectivity index (χ0) is 15.7. The molecule has 0 spiro atoms. The molecule has 126 valence electrons. The van der Waals surface area contributed by atoms with E-state index in [0.29, 0.717) is 0 Å². The van der Waals surface area contributed by atoms with Crippen molar-refractivity contribution in [2.45, 2.75) is 77.0 Å². The number of benzene rings is 1. The molecule has 0 saturated heterocycles. The Bertz CT molecular complexity index is 326. The third-order valence-electron chi connectivity index (χ3n) is 4.04. The zero-order valence-corrected chi connectivity index (χ0v) is 14.8. The van der Waals surface area contributed by atoms with Crippen molar-refractivity contribution in [2.75, 3.05) is 12.5 Å². The second kappa shape index (κ2) is 15.2. The van der Waals surface area contributed by atoms with Crippen LogP contribution in [0.3, 0.4) is 0 Å². The van der Waals surface area contributed by atoms with Gasteiger partial charge in [0.15, 0.2) is 0 Å². The topological polar surface area (TPSA) is 9.23 Å². The Morgan fingerprint density at radius 3 is 1.55 bits per heavy atom. The van der Waals surface area contributed by atoms with Crippen LogP contribution in [0.15, 0.2) is 30.3 Å². The minimum atomic E-state index is 0.830. The summed E-state index contributed by atoms with van der Waals surface area (Å²) in [6, 6.07) is 10.1. The molecule has 0 amide bonds. The molecule has 1 nitrogen and oxygen atoms in total. The molecule has 0 heterocycles. The molecule has 0 fully saturated rings. The number of hydrogen-bond donors (Lipinski definition) is 0. The van der Waals surface area contributed by atoms with Crippen molar-refractivity contribution in [2.24, 2.45) is 0 Å². The van der Waals surface area contributed by atoms with Crippen molar-refractivity contribution in [3.8, 4) is 5.75 Å². The summed E-state index contributed by atoms with van der Waals surface area (Å²) in [4.78, 5) is 0. The summed E-state index contributed by atoms with van der Waals surface area (Å²) in [7, 11) is 0. The van der Waals surface area contributed by atoms with Gasteiger partial charge in [-0.05, 0) is 25.0 Å². The summed E-state index contributed by atoms with van der Waals surface area (Å²) in [5.41, 5.74) is 0. The standard InChI is InChI=1S/C20H33ClO/c21-18-14-9-7-5-3-1-2-4-6-8-10-15-19-22-20-16-12-11-13-17-20/h11-13,16-17H,1-10,14-15,18-19H2. The molecule has 1 aromatic carbocycles. The van der Waals surface area contributed by atoms with Gasteiger partial charge in [-0.1, -0.05) is 82.4 Å². The molecule has 0 N–H and O–H groups in total. The molecule has 0 aromatic heterocycles. The summed E-state index contributed by atoms with van der Waals surface area (Å²) in [6.07, 6.45) is 16.1. The highest BCUT2D eigenvalue weighted by Crippen LogP contribution is 2.13. The lowest BCUT2D eigenvalue weighted by molar-refractivity contribution is 0.304. The molecule has 0 bridgehead atoms. The van der Waals surface area contributed by atoms with Gasteiger partial charge in [-0.25, -0.2) is 0 Å². The Kier molecular flexibility index (Phi) is 13.4. The Balaban J connectivity index is 1.73. The van der Waals surface area contributed by atoms with E-state index in [9.17, 15) is 0 Å². The van der Waals surface area contributed by atoms with Gasteiger partial charge in [0, 0.05) is 5.88 Å². The summed E-state index contributed by atoms with van der Waals surface area (Å²) in [6.45, 7) is 0.853. The average molecular weight is 325 g/mol. The quantitative estimate of drug-likeness (QED) is 0.249. The first-order chi connectivity index (χ1) is 10.9. The summed E-state index contributed by atoms with van der Waals surface area (Å²) >= 11 is 5.67. The van der Waals surface area contributed by atoms with E-state index in [1.165, 1.54) is 77.0 Å². The van der Waals surface area contributed by atoms with Gasteiger partial charge in [0.1, 0.15) is 5.75 Å². The summed E-state index contributed by atoms with van der Waals surface area (Å²) < 4.78 is 5.70. The number of halogens is 1. The van der Waals surface area contributed by atoms with Crippen LogP contribution in [0.25, 0.3) is 0 Å². The maximum absolute atomic E-state index is 5.70. The molecular formula is C20H33ClO. The number of rotatable bonds is 15.